The van der Waals surface area contributed by atoms with Crippen LogP contribution in [0.15, 0.2) is 75.9 Å². The van der Waals surface area contributed by atoms with Crippen LogP contribution in [0.4, 0.5) is 0 Å². The van der Waals surface area contributed by atoms with Crippen molar-refractivity contribution in [3.05, 3.63) is 98.3 Å². The van der Waals surface area contributed by atoms with E-state index in [4.69, 9.17) is 32.4 Å². The van der Waals surface area contributed by atoms with Gasteiger partial charge in [-0.1, -0.05) is 59.6 Å². The van der Waals surface area contributed by atoms with Gasteiger partial charge in [0.1, 0.15) is 23.7 Å². The molecule has 5 heteroatoms. The van der Waals surface area contributed by atoms with Gasteiger partial charge in [0.25, 0.3) is 0 Å². The summed E-state index contributed by atoms with van der Waals surface area (Å²) >= 11 is 12.4. The van der Waals surface area contributed by atoms with Crippen molar-refractivity contribution in [1.29, 1.82) is 0 Å². The molecule has 0 amide bonds. The summed E-state index contributed by atoms with van der Waals surface area (Å²) in [5, 5.41) is 1.60. The molecule has 0 fully saturated rings. The first-order valence-electron chi connectivity index (χ1n) is 8.73. The van der Waals surface area contributed by atoms with Crippen LogP contribution in [0.2, 0.25) is 10.0 Å². The van der Waals surface area contributed by atoms with Crippen molar-refractivity contribution in [3.8, 4) is 16.9 Å². The lowest BCUT2D eigenvalue weighted by atomic mass is 10.0. The van der Waals surface area contributed by atoms with Gasteiger partial charge in [-0.2, -0.15) is 0 Å². The average Bonchev–Trinajstić information content (AvgIpc) is 2.68. The number of hydrogen-bond donors (Lipinski definition) is 0. The summed E-state index contributed by atoms with van der Waals surface area (Å²) < 4.78 is 11.8. The molecule has 28 heavy (non-hydrogen) atoms. The highest BCUT2D eigenvalue weighted by Crippen LogP contribution is 2.28. The minimum absolute atomic E-state index is 0.0642. The van der Waals surface area contributed by atoms with Crippen LogP contribution in [0.1, 0.15) is 11.3 Å². The molecule has 0 aliphatic heterocycles. The van der Waals surface area contributed by atoms with E-state index >= 15 is 0 Å². The second-order valence-electron chi connectivity index (χ2n) is 6.38. The van der Waals surface area contributed by atoms with Gasteiger partial charge in [-0.05, 0) is 36.8 Å². The van der Waals surface area contributed by atoms with Crippen LogP contribution in [-0.4, -0.2) is 0 Å². The van der Waals surface area contributed by atoms with Crippen LogP contribution in [-0.2, 0) is 6.61 Å². The first-order valence-corrected chi connectivity index (χ1v) is 9.49. The molecular formula is C23H16Cl2O3. The van der Waals surface area contributed by atoms with E-state index in [1.165, 1.54) is 0 Å². The molecule has 1 aromatic heterocycles. The molecule has 0 aliphatic carbocycles. The Kier molecular flexibility index (Phi) is 5.12. The summed E-state index contributed by atoms with van der Waals surface area (Å²) in [6.07, 6.45) is 0. The summed E-state index contributed by atoms with van der Waals surface area (Å²) in [7, 11) is 0. The third-order valence-electron chi connectivity index (χ3n) is 4.55. The molecule has 3 nitrogen and oxygen atoms in total. The predicted octanol–water partition coefficient (Wildman–Crippen LogP) is 6.65. The van der Waals surface area contributed by atoms with E-state index in [2.05, 4.69) is 0 Å². The summed E-state index contributed by atoms with van der Waals surface area (Å²) in [5.74, 6) is 1.13. The molecule has 3 aromatic carbocycles. The number of ether oxygens (including phenoxy) is 1. The second-order valence-corrected chi connectivity index (χ2v) is 7.19. The fourth-order valence-corrected chi connectivity index (χ4v) is 3.65. The topological polar surface area (TPSA) is 39.4 Å². The fraction of sp³-hybridized carbons (Fsp3) is 0.0870. The van der Waals surface area contributed by atoms with Crippen LogP contribution >= 0.6 is 23.2 Å². The molecule has 140 valence electrons. The van der Waals surface area contributed by atoms with Gasteiger partial charge in [0.05, 0.1) is 10.9 Å². The Hall–Kier alpha value is -2.75. The largest absolute Gasteiger partial charge is 0.489 e. The van der Waals surface area contributed by atoms with Gasteiger partial charge in [0.2, 0.25) is 5.43 Å². The Balaban J connectivity index is 1.70. The third kappa shape index (κ3) is 3.51. The molecule has 0 saturated carbocycles. The van der Waals surface area contributed by atoms with Crippen LogP contribution in [0.5, 0.6) is 5.75 Å². The molecule has 0 aliphatic rings. The number of aryl methyl sites for hydroxylation is 1. The standard InChI is InChI=1S/C23H16Cl2O3/c1-14-22(15-6-3-2-4-7-15)23(26)17-11-10-16(12-21(17)28-14)27-13-18-19(24)8-5-9-20(18)25/h2-12H,13H2,1H3. The van der Waals surface area contributed by atoms with Crippen LogP contribution in [0.3, 0.4) is 0 Å². The molecule has 4 aromatic rings. The number of rotatable bonds is 4. The molecule has 0 bridgehead atoms. The van der Waals surface area contributed by atoms with Crippen molar-refractivity contribution in [3.63, 3.8) is 0 Å². The minimum Gasteiger partial charge on any atom is -0.489 e. The van der Waals surface area contributed by atoms with E-state index in [-0.39, 0.29) is 12.0 Å². The van der Waals surface area contributed by atoms with Gasteiger partial charge >= 0.3 is 0 Å². The number of halogens is 2. The smallest absolute Gasteiger partial charge is 0.200 e. The molecular weight excluding hydrogens is 395 g/mol. The Morgan fingerprint density at radius 1 is 0.929 bits per heavy atom. The highest BCUT2D eigenvalue weighted by molar-refractivity contribution is 6.35. The lowest BCUT2D eigenvalue weighted by Crippen LogP contribution is -2.07. The van der Waals surface area contributed by atoms with Crippen LogP contribution in [0.25, 0.3) is 22.1 Å². The number of hydrogen-bond acceptors (Lipinski definition) is 3. The maximum atomic E-state index is 13.0. The van der Waals surface area contributed by atoms with Crippen molar-refractivity contribution < 1.29 is 9.15 Å². The molecule has 0 atom stereocenters. The third-order valence-corrected chi connectivity index (χ3v) is 5.26. The van der Waals surface area contributed by atoms with Gasteiger partial charge < -0.3 is 9.15 Å². The molecule has 0 radical (unpaired) electrons. The summed E-state index contributed by atoms with van der Waals surface area (Å²) in [5.41, 5.74) is 2.53. The monoisotopic (exact) mass is 410 g/mol. The zero-order valence-electron chi connectivity index (χ0n) is 15.0. The summed E-state index contributed by atoms with van der Waals surface area (Å²) in [6, 6.07) is 20.0. The van der Waals surface area contributed by atoms with E-state index in [1.807, 2.05) is 30.3 Å². The molecule has 4 rings (SSSR count). The van der Waals surface area contributed by atoms with Gasteiger partial charge in [-0.25, -0.2) is 0 Å². The van der Waals surface area contributed by atoms with E-state index in [9.17, 15) is 4.79 Å². The van der Waals surface area contributed by atoms with Gasteiger partial charge in [-0.3, -0.25) is 4.79 Å². The van der Waals surface area contributed by atoms with E-state index in [0.29, 0.717) is 43.7 Å². The molecule has 0 spiro atoms. The van der Waals surface area contributed by atoms with Crippen molar-refractivity contribution in [2.75, 3.05) is 0 Å². The Bertz CT molecular complexity index is 1190. The van der Waals surface area contributed by atoms with Crippen molar-refractivity contribution in [2.45, 2.75) is 13.5 Å². The fourth-order valence-electron chi connectivity index (χ4n) is 3.14. The summed E-state index contributed by atoms with van der Waals surface area (Å²) in [6.45, 7) is 2.01. The lowest BCUT2D eigenvalue weighted by molar-refractivity contribution is 0.306. The van der Waals surface area contributed by atoms with Crippen molar-refractivity contribution >= 4 is 34.2 Å². The van der Waals surface area contributed by atoms with Gasteiger partial charge in [0, 0.05) is 21.7 Å². The Morgan fingerprint density at radius 3 is 2.36 bits per heavy atom. The molecule has 0 unspecified atom stereocenters. The quantitative estimate of drug-likeness (QED) is 0.377. The highest BCUT2D eigenvalue weighted by atomic mass is 35.5. The average molecular weight is 411 g/mol. The van der Waals surface area contributed by atoms with E-state index in [0.717, 1.165) is 5.56 Å². The normalized spacial score (nSPS) is 11.0. The highest BCUT2D eigenvalue weighted by Gasteiger charge is 2.14. The lowest BCUT2D eigenvalue weighted by Gasteiger charge is -2.11. The number of benzene rings is 3. The van der Waals surface area contributed by atoms with E-state index in [1.54, 1.807) is 43.3 Å². The maximum absolute atomic E-state index is 13.0. The maximum Gasteiger partial charge on any atom is 0.200 e. The first-order chi connectivity index (χ1) is 13.5. The molecule has 0 saturated heterocycles. The van der Waals surface area contributed by atoms with Crippen molar-refractivity contribution in [2.24, 2.45) is 0 Å². The number of fused-ring (bicyclic) bond motifs is 1. The van der Waals surface area contributed by atoms with Crippen LogP contribution < -0.4 is 10.2 Å². The Morgan fingerprint density at radius 2 is 1.64 bits per heavy atom. The minimum atomic E-state index is -0.0642. The SMILES string of the molecule is Cc1oc2cc(OCc3c(Cl)cccc3Cl)ccc2c(=O)c1-c1ccccc1. The predicted molar refractivity (Wildman–Crippen MR) is 113 cm³/mol. The Labute approximate surface area is 172 Å². The summed E-state index contributed by atoms with van der Waals surface area (Å²) in [4.78, 5) is 13.0. The van der Waals surface area contributed by atoms with Gasteiger partial charge in [-0.15, -0.1) is 0 Å². The van der Waals surface area contributed by atoms with Crippen molar-refractivity contribution in [1.82, 2.24) is 0 Å². The molecule has 1 heterocycles. The van der Waals surface area contributed by atoms with Crippen LogP contribution in [0, 0.1) is 6.92 Å². The molecule has 0 N–H and O–H groups in total. The van der Waals surface area contributed by atoms with E-state index < -0.39 is 0 Å². The first kappa shape index (κ1) is 18.6. The zero-order valence-corrected chi connectivity index (χ0v) is 16.6. The second kappa shape index (κ2) is 7.70. The zero-order chi connectivity index (χ0) is 19.7. The van der Waals surface area contributed by atoms with Gasteiger partial charge in [0.15, 0.2) is 0 Å².